The molecule has 142 valence electrons. The molecule has 3 N–H and O–H groups in total. The van der Waals surface area contributed by atoms with Gasteiger partial charge in [-0.3, -0.25) is 24.3 Å². The Kier molecular flexibility index (Phi) is 4.98. The van der Waals surface area contributed by atoms with Crippen molar-refractivity contribution in [3.8, 4) is 0 Å². The van der Waals surface area contributed by atoms with Gasteiger partial charge in [0.05, 0.1) is 12.5 Å². The Labute approximate surface area is 157 Å². The van der Waals surface area contributed by atoms with Crippen LogP contribution in [0.5, 0.6) is 0 Å². The predicted molar refractivity (Wildman–Crippen MR) is 102 cm³/mol. The molecule has 0 saturated heterocycles. The van der Waals surface area contributed by atoms with E-state index in [2.05, 4.69) is 10.4 Å². The van der Waals surface area contributed by atoms with E-state index in [1.54, 1.807) is 35.0 Å². The zero-order valence-electron chi connectivity index (χ0n) is 15.7. The molecular formula is C19H23N5O3. The normalized spacial score (nSPS) is 18.8. The number of fused-ring (bicyclic) bond motifs is 1. The molecule has 0 radical (unpaired) electrons. The predicted octanol–water partition coefficient (Wildman–Crippen LogP) is 1.43. The van der Waals surface area contributed by atoms with Gasteiger partial charge in [0.15, 0.2) is 0 Å². The second kappa shape index (κ2) is 7.22. The number of carbonyl (C=O) groups excluding carboxylic acids is 3. The monoisotopic (exact) mass is 369 g/mol. The number of benzene rings is 1. The zero-order valence-corrected chi connectivity index (χ0v) is 15.7. The fourth-order valence-electron chi connectivity index (χ4n) is 3.28. The van der Waals surface area contributed by atoms with Crippen LogP contribution in [-0.2, 0) is 9.59 Å². The first-order valence-corrected chi connectivity index (χ1v) is 8.88. The molecule has 0 aliphatic carbocycles. The maximum atomic E-state index is 12.9. The van der Waals surface area contributed by atoms with E-state index >= 15 is 0 Å². The summed E-state index contributed by atoms with van der Waals surface area (Å²) in [6.07, 6.45) is 2.34. The van der Waals surface area contributed by atoms with E-state index in [-0.39, 0.29) is 11.8 Å². The second-order valence-corrected chi connectivity index (χ2v) is 6.78. The Balaban J connectivity index is 1.83. The molecule has 27 heavy (non-hydrogen) atoms. The van der Waals surface area contributed by atoms with E-state index in [1.165, 1.54) is 6.34 Å². The third-order valence-corrected chi connectivity index (χ3v) is 4.86. The van der Waals surface area contributed by atoms with Gasteiger partial charge in [-0.1, -0.05) is 13.0 Å². The molecule has 3 rings (SSSR count). The number of primary amides is 1. The zero-order chi connectivity index (χ0) is 19.7. The Hall–Kier alpha value is -3.16. The minimum Gasteiger partial charge on any atom is -0.366 e. The minimum absolute atomic E-state index is 0.133. The Morgan fingerprint density at radius 2 is 2.07 bits per heavy atom. The Morgan fingerprint density at radius 3 is 2.74 bits per heavy atom. The number of aryl methyl sites for hydroxylation is 1. The third-order valence-electron chi connectivity index (χ3n) is 4.86. The fourth-order valence-corrected chi connectivity index (χ4v) is 3.28. The molecule has 0 fully saturated rings. The molecule has 0 spiro atoms. The highest BCUT2D eigenvalue weighted by atomic mass is 16.2. The highest BCUT2D eigenvalue weighted by Crippen LogP contribution is 2.32. The van der Waals surface area contributed by atoms with Crippen molar-refractivity contribution >= 4 is 29.7 Å². The molecule has 0 bridgehead atoms. The first kappa shape index (κ1) is 18.6. The topological polar surface area (TPSA) is 108 Å². The number of hydrogen-bond acceptors (Lipinski definition) is 5. The summed E-state index contributed by atoms with van der Waals surface area (Å²) in [7, 11) is 0. The van der Waals surface area contributed by atoms with Crippen molar-refractivity contribution in [2.24, 2.45) is 16.8 Å². The van der Waals surface area contributed by atoms with Crippen LogP contribution in [0.25, 0.3) is 0 Å². The number of nitrogens with two attached hydrogens (primary N) is 1. The fraction of sp³-hybridized carbons (Fsp3) is 0.368. The van der Waals surface area contributed by atoms with E-state index in [1.807, 2.05) is 13.8 Å². The van der Waals surface area contributed by atoms with Crippen LogP contribution >= 0.6 is 0 Å². The SMILES string of the molecule is CCCN1C=NN2CC(C(=O)Nc3cc(C(N)=O)ccc3C)C(C)=C2C1=O. The van der Waals surface area contributed by atoms with Gasteiger partial charge in [0, 0.05) is 17.8 Å². The van der Waals surface area contributed by atoms with E-state index in [0.717, 1.165) is 12.0 Å². The second-order valence-electron chi connectivity index (χ2n) is 6.78. The summed E-state index contributed by atoms with van der Waals surface area (Å²) >= 11 is 0. The van der Waals surface area contributed by atoms with Crippen molar-refractivity contribution in [2.75, 3.05) is 18.4 Å². The average Bonchev–Trinajstić information content (AvgIpc) is 2.96. The summed E-state index contributed by atoms with van der Waals surface area (Å²) < 4.78 is 0. The third kappa shape index (κ3) is 3.42. The van der Waals surface area contributed by atoms with Crippen LogP contribution in [-0.4, -0.2) is 47.1 Å². The number of hydrazone groups is 1. The maximum absolute atomic E-state index is 12.9. The van der Waals surface area contributed by atoms with Crippen molar-refractivity contribution in [1.29, 1.82) is 0 Å². The molecule has 3 amide bonds. The number of nitrogens with one attached hydrogen (secondary N) is 1. The molecule has 0 saturated carbocycles. The molecule has 8 heteroatoms. The molecule has 8 nitrogen and oxygen atoms in total. The molecule has 2 aliphatic rings. The van der Waals surface area contributed by atoms with Crippen molar-refractivity contribution < 1.29 is 14.4 Å². The lowest BCUT2D eigenvalue weighted by molar-refractivity contribution is -0.125. The number of rotatable bonds is 5. The lowest BCUT2D eigenvalue weighted by atomic mass is 10.0. The van der Waals surface area contributed by atoms with Gasteiger partial charge in [-0.05, 0) is 43.5 Å². The van der Waals surface area contributed by atoms with Crippen LogP contribution in [0.4, 0.5) is 5.69 Å². The highest BCUT2D eigenvalue weighted by Gasteiger charge is 2.40. The van der Waals surface area contributed by atoms with E-state index in [9.17, 15) is 14.4 Å². The van der Waals surface area contributed by atoms with Crippen molar-refractivity contribution in [2.45, 2.75) is 27.2 Å². The summed E-state index contributed by atoms with van der Waals surface area (Å²) in [4.78, 5) is 38.5. The maximum Gasteiger partial charge on any atom is 0.277 e. The first-order chi connectivity index (χ1) is 12.8. The number of anilines is 1. The lowest BCUT2D eigenvalue weighted by Gasteiger charge is -2.27. The number of carbonyl (C=O) groups is 3. The Morgan fingerprint density at radius 1 is 1.33 bits per heavy atom. The lowest BCUT2D eigenvalue weighted by Crippen LogP contribution is -2.40. The molecule has 2 aliphatic heterocycles. The van der Waals surface area contributed by atoms with Crippen molar-refractivity contribution in [1.82, 2.24) is 9.91 Å². The standard InChI is InChI=1S/C19H23N5O3/c1-4-7-23-10-21-24-9-14(12(3)16(24)19(23)27)18(26)22-15-8-13(17(20)25)6-5-11(15)2/h5-6,8,10,14H,4,7,9H2,1-3H3,(H2,20,25)(H,22,26). The van der Waals surface area contributed by atoms with Gasteiger partial charge in [-0.2, -0.15) is 5.10 Å². The van der Waals surface area contributed by atoms with E-state index < -0.39 is 11.8 Å². The van der Waals surface area contributed by atoms with Crippen LogP contribution in [0.1, 0.15) is 36.2 Å². The smallest absolute Gasteiger partial charge is 0.277 e. The molecule has 2 heterocycles. The number of amides is 3. The quantitative estimate of drug-likeness (QED) is 0.818. The van der Waals surface area contributed by atoms with Gasteiger partial charge in [0.2, 0.25) is 11.8 Å². The summed E-state index contributed by atoms with van der Waals surface area (Å²) in [6.45, 7) is 6.50. The summed E-state index contributed by atoms with van der Waals surface area (Å²) in [5.41, 5.74) is 8.15. The summed E-state index contributed by atoms with van der Waals surface area (Å²) in [6, 6.07) is 4.91. The molecule has 1 aromatic rings. The van der Waals surface area contributed by atoms with Gasteiger partial charge in [-0.25, -0.2) is 0 Å². The van der Waals surface area contributed by atoms with Crippen molar-refractivity contribution in [3.63, 3.8) is 0 Å². The molecule has 1 aromatic carbocycles. The summed E-state index contributed by atoms with van der Waals surface area (Å²) in [5.74, 6) is -1.44. The van der Waals surface area contributed by atoms with E-state index in [0.29, 0.717) is 35.6 Å². The van der Waals surface area contributed by atoms with Crippen LogP contribution in [0, 0.1) is 12.8 Å². The molecule has 0 aromatic heterocycles. The molecule has 1 unspecified atom stereocenters. The van der Waals surface area contributed by atoms with Crippen LogP contribution < -0.4 is 11.1 Å². The van der Waals surface area contributed by atoms with Crippen LogP contribution in [0.2, 0.25) is 0 Å². The van der Waals surface area contributed by atoms with Gasteiger partial charge in [0.1, 0.15) is 12.0 Å². The number of nitrogens with zero attached hydrogens (tertiary/aromatic N) is 3. The van der Waals surface area contributed by atoms with Gasteiger partial charge < -0.3 is 11.1 Å². The molecule has 1 atom stereocenters. The van der Waals surface area contributed by atoms with Gasteiger partial charge in [-0.15, -0.1) is 0 Å². The first-order valence-electron chi connectivity index (χ1n) is 8.88. The minimum atomic E-state index is -0.558. The number of hydrogen-bond donors (Lipinski definition) is 2. The largest absolute Gasteiger partial charge is 0.366 e. The summed E-state index contributed by atoms with van der Waals surface area (Å²) in [5, 5.41) is 8.74. The van der Waals surface area contributed by atoms with Crippen LogP contribution in [0.15, 0.2) is 34.6 Å². The average molecular weight is 369 g/mol. The van der Waals surface area contributed by atoms with Crippen molar-refractivity contribution in [3.05, 3.63) is 40.6 Å². The van der Waals surface area contributed by atoms with Gasteiger partial charge in [0.25, 0.3) is 5.91 Å². The highest BCUT2D eigenvalue weighted by molar-refractivity contribution is 6.05. The van der Waals surface area contributed by atoms with E-state index in [4.69, 9.17) is 5.73 Å². The Bertz CT molecular complexity index is 874. The van der Waals surface area contributed by atoms with Gasteiger partial charge >= 0.3 is 0 Å². The molecular weight excluding hydrogens is 346 g/mol. The van der Waals surface area contributed by atoms with Crippen LogP contribution in [0.3, 0.4) is 0 Å².